The van der Waals surface area contributed by atoms with Crippen molar-refractivity contribution in [2.24, 2.45) is 10.4 Å². The lowest BCUT2D eigenvalue weighted by Crippen LogP contribution is -2.65. The lowest BCUT2D eigenvalue weighted by molar-refractivity contribution is -0.127. The Morgan fingerprint density at radius 3 is 2.59 bits per heavy atom. The predicted octanol–water partition coefficient (Wildman–Crippen LogP) is 1.77. The monoisotopic (exact) mass is 382 g/mol. The molecule has 3 atom stereocenters. The van der Waals surface area contributed by atoms with Crippen molar-refractivity contribution in [2.45, 2.75) is 70.6 Å². The minimum absolute atomic E-state index is 0.00867. The first kappa shape index (κ1) is 22.0. The summed E-state index contributed by atoms with van der Waals surface area (Å²) in [5, 5.41) is 6.98. The molecule has 2 rings (SSSR count). The van der Waals surface area contributed by atoms with Crippen LogP contribution >= 0.6 is 0 Å². The fraction of sp³-hybridized carbons (Fsp3) is 0.900. The van der Waals surface area contributed by atoms with E-state index < -0.39 is 0 Å². The van der Waals surface area contributed by atoms with E-state index in [-0.39, 0.29) is 30.1 Å². The number of hydrogen-bond donors (Lipinski definition) is 2. The molecule has 1 saturated heterocycles. The van der Waals surface area contributed by atoms with E-state index in [0.717, 1.165) is 38.7 Å². The smallest absolute Gasteiger partial charge is 0.243 e. The molecule has 3 unspecified atom stereocenters. The SMILES string of the molecule is CCC1(CC)C(NC(=NCC(=O)N(C)C)NCC2CCCCO2)CC1OC. The van der Waals surface area contributed by atoms with Crippen molar-refractivity contribution in [3.63, 3.8) is 0 Å². The number of methoxy groups -OCH3 is 1. The highest BCUT2D eigenvalue weighted by atomic mass is 16.5. The van der Waals surface area contributed by atoms with Crippen LogP contribution in [0.3, 0.4) is 0 Å². The molecular formula is C20H38N4O3. The zero-order chi connectivity index (χ0) is 19.9. The van der Waals surface area contributed by atoms with Gasteiger partial charge in [-0.1, -0.05) is 13.8 Å². The van der Waals surface area contributed by atoms with Crippen molar-refractivity contribution in [3.05, 3.63) is 0 Å². The van der Waals surface area contributed by atoms with Gasteiger partial charge in [0, 0.05) is 45.8 Å². The maximum absolute atomic E-state index is 12.0. The number of aliphatic imine (C=N–C) groups is 1. The number of nitrogens with one attached hydrogen (secondary N) is 2. The van der Waals surface area contributed by atoms with Crippen LogP contribution in [0.15, 0.2) is 4.99 Å². The summed E-state index contributed by atoms with van der Waals surface area (Å²) in [7, 11) is 5.30. The molecule has 0 aromatic rings. The number of rotatable bonds is 8. The summed E-state index contributed by atoms with van der Waals surface area (Å²) in [4.78, 5) is 18.1. The summed E-state index contributed by atoms with van der Waals surface area (Å²) in [6.07, 6.45) is 6.97. The van der Waals surface area contributed by atoms with E-state index >= 15 is 0 Å². The molecule has 0 radical (unpaired) electrons. The van der Waals surface area contributed by atoms with E-state index in [4.69, 9.17) is 9.47 Å². The first-order chi connectivity index (χ1) is 13.0. The quantitative estimate of drug-likeness (QED) is 0.494. The average molecular weight is 383 g/mol. The molecule has 0 aromatic carbocycles. The maximum atomic E-state index is 12.0. The van der Waals surface area contributed by atoms with Crippen LogP contribution in [0.4, 0.5) is 0 Å². The summed E-state index contributed by atoms with van der Waals surface area (Å²) in [6.45, 7) is 6.13. The van der Waals surface area contributed by atoms with Crippen LogP contribution in [-0.2, 0) is 14.3 Å². The van der Waals surface area contributed by atoms with Gasteiger partial charge >= 0.3 is 0 Å². The third kappa shape index (κ3) is 5.35. The van der Waals surface area contributed by atoms with Crippen molar-refractivity contribution < 1.29 is 14.3 Å². The molecule has 1 heterocycles. The highest BCUT2D eigenvalue weighted by Gasteiger charge is 2.53. The highest BCUT2D eigenvalue weighted by Crippen LogP contribution is 2.48. The number of carbonyl (C=O) groups excluding carboxylic acids is 1. The molecule has 156 valence electrons. The molecule has 7 heteroatoms. The Labute approximate surface area is 164 Å². The van der Waals surface area contributed by atoms with Gasteiger partial charge in [0.25, 0.3) is 0 Å². The van der Waals surface area contributed by atoms with Crippen LogP contribution in [0.5, 0.6) is 0 Å². The number of hydrogen-bond acceptors (Lipinski definition) is 4. The van der Waals surface area contributed by atoms with Crippen LogP contribution in [0, 0.1) is 5.41 Å². The fourth-order valence-corrected chi connectivity index (χ4v) is 4.26. The van der Waals surface area contributed by atoms with Gasteiger partial charge in [-0.25, -0.2) is 4.99 Å². The first-order valence-corrected chi connectivity index (χ1v) is 10.4. The van der Waals surface area contributed by atoms with Crippen molar-refractivity contribution in [1.82, 2.24) is 15.5 Å². The van der Waals surface area contributed by atoms with E-state index in [1.165, 1.54) is 6.42 Å². The lowest BCUT2D eigenvalue weighted by atomic mass is 9.58. The summed E-state index contributed by atoms with van der Waals surface area (Å²) >= 11 is 0. The fourth-order valence-electron chi connectivity index (χ4n) is 4.26. The van der Waals surface area contributed by atoms with Gasteiger partial charge in [0.05, 0.1) is 12.2 Å². The number of likely N-dealkylation sites (N-methyl/N-ethyl adjacent to an activating group) is 1. The number of ether oxygens (including phenoxy) is 2. The normalized spacial score (nSPS) is 27.6. The lowest BCUT2D eigenvalue weighted by Gasteiger charge is -2.55. The Bertz CT molecular complexity index is 499. The van der Waals surface area contributed by atoms with Crippen LogP contribution in [0.2, 0.25) is 0 Å². The Balaban J connectivity index is 2.02. The summed E-state index contributed by atoms with van der Waals surface area (Å²) < 4.78 is 11.5. The number of amides is 1. The zero-order valence-electron chi connectivity index (χ0n) is 17.7. The molecule has 7 nitrogen and oxygen atoms in total. The van der Waals surface area contributed by atoms with Gasteiger partial charge in [-0.3, -0.25) is 4.79 Å². The maximum Gasteiger partial charge on any atom is 0.243 e. The second-order valence-corrected chi connectivity index (χ2v) is 7.92. The molecule has 1 aliphatic heterocycles. The van der Waals surface area contributed by atoms with Gasteiger partial charge in [-0.05, 0) is 38.5 Å². The van der Waals surface area contributed by atoms with Gasteiger partial charge in [-0.2, -0.15) is 0 Å². The summed E-state index contributed by atoms with van der Waals surface area (Å²) in [6, 6.07) is 0.297. The van der Waals surface area contributed by atoms with E-state index in [1.807, 2.05) is 0 Å². The van der Waals surface area contributed by atoms with Crippen molar-refractivity contribution in [3.8, 4) is 0 Å². The molecule has 2 fully saturated rings. The van der Waals surface area contributed by atoms with Crippen molar-refractivity contribution in [2.75, 3.05) is 40.9 Å². The average Bonchev–Trinajstić information content (AvgIpc) is 2.67. The standard InChI is InChI=1S/C20H38N4O3/c1-6-20(7-2)16(12-17(20)26-5)23-19(22-14-18(25)24(3)4)21-13-15-10-8-9-11-27-15/h15-17H,6-14H2,1-5H3,(H2,21,22,23). The molecule has 27 heavy (non-hydrogen) atoms. The Hall–Kier alpha value is -1.34. The molecule has 0 aromatic heterocycles. The Morgan fingerprint density at radius 2 is 2.04 bits per heavy atom. The minimum atomic E-state index is -0.00867. The molecule has 2 N–H and O–H groups in total. The third-order valence-electron chi connectivity index (χ3n) is 6.34. The van der Waals surface area contributed by atoms with Crippen LogP contribution in [0.25, 0.3) is 0 Å². The second kappa shape index (κ2) is 10.3. The molecule has 1 saturated carbocycles. The predicted molar refractivity (Wildman–Crippen MR) is 108 cm³/mol. The number of nitrogens with zero attached hydrogens (tertiary/aromatic N) is 2. The largest absolute Gasteiger partial charge is 0.381 e. The molecule has 0 bridgehead atoms. The van der Waals surface area contributed by atoms with Gasteiger partial charge in [-0.15, -0.1) is 0 Å². The number of guanidine groups is 1. The number of carbonyl (C=O) groups is 1. The Kier molecular flexibility index (Phi) is 8.35. The molecule has 1 amide bonds. The van der Waals surface area contributed by atoms with Gasteiger partial charge < -0.3 is 25.0 Å². The topological polar surface area (TPSA) is 75.2 Å². The highest BCUT2D eigenvalue weighted by molar-refractivity contribution is 5.85. The van der Waals surface area contributed by atoms with Crippen LogP contribution in [-0.4, -0.2) is 75.9 Å². The van der Waals surface area contributed by atoms with Crippen LogP contribution in [0.1, 0.15) is 52.4 Å². The summed E-state index contributed by atoms with van der Waals surface area (Å²) in [5.74, 6) is 0.691. The van der Waals surface area contributed by atoms with E-state index in [0.29, 0.717) is 18.5 Å². The van der Waals surface area contributed by atoms with Gasteiger partial charge in [0.2, 0.25) is 5.91 Å². The molecule has 1 aliphatic carbocycles. The molecular weight excluding hydrogens is 344 g/mol. The minimum Gasteiger partial charge on any atom is -0.381 e. The van der Waals surface area contributed by atoms with Crippen molar-refractivity contribution in [1.29, 1.82) is 0 Å². The Morgan fingerprint density at radius 1 is 1.30 bits per heavy atom. The molecule has 0 spiro atoms. The van der Waals surface area contributed by atoms with Crippen LogP contribution < -0.4 is 10.6 Å². The summed E-state index contributed by atoms with van der Waals surface area (Å²) in [5.41, 5.74) is 0.115. The third-order valence-corrected chi connectivity index (χ3v) is 6.34. The van der Waals surface area contributed by atoms with E-state index in [9.17, 15) is 4.79 Å². The zero-order valence-corrected chi connectivity index (χ0v) is 17.7. The first-order valence-electron chi connectivity index (χ1n) is 10.4. The molecule has 2 aliphatic rings. The van der Waals surface area contributed by atoms with Gasteiger partial charge in [0.1, 0.15) is 6.54 Å². The van der Waals surface area contributed by atoms with E-state index in [1.54, 1.807) is 26.1 Å². The van der Waals surface area contributed by atoms with Crippen molar-refractivity contribution >= 4 is 11.9 Å². The van der Waals surface area contributed by atoms with E-state index in [2.05, 4.69) is 29.5 Å². The second-order valence-electron chi connectivity index (χ2n) is 7.92. The van der Waals surface area contributed by atoms with Gasteiger partial charge in [0.15, 0.2) is 5.96 Å².